The van der Waals surface area contributed by atoms with Crippen LogP contribution < -0.4 is 11.1 Å². The highest BCUT2D eigenvalue weighted by atomic mass is 79.9. The van der Waals surface area contributed by atoms with Crippen molar-refractivity contribution in [1.29, 1.82) is 0 Å². The Hall–Kier alpha value is -1.47. The smallest absolute Gasteiger partial charge is 0.251 e. The lowest BCUT2D eigenvalue weighted by atomic mass is 10.1. The number of benzene rings is 1. The predicted octanol–water partition coefficient (Wildman–Crippen LogP) is 2.48. The SMILES string of the molecule is C#CCCCNC(=O)c1cc(Br)cc(N)c1C. The maximum atomic E-state index is 11.9. The second-order valence-corrected chi connectivity index (χ2v) is 4.65. The summed E-state index contributed by atoms with van der Waals surface area (Å²) in [5.74, 6) is 2.41. The van der Waals surface area contributed by atoms with Crippen LogP contribution in [-0.4, -0.2) is 12.5 Å². The number of unbranched alkanes of at least 4 members (excludes halogenated alkanes) is 1. The Morgan fingerprint density at radius 1 is 1.59 bits per heavy atom. The van der Waals surface area contributed by atoms with Crippen molar-refractivity contribution in [3.63, 3.8) is 0 Å². The van der Waals surface area contributed by atoms with E-state index in [9.17, 15) is 4.79 Å². The fourth-order valence-corrected chi connectivity index (χ4v) is 1.90. The van der Waals surface area contributed by atoms with Gasteiger partial charge in [0.15, 0.2) is 0 Å². The van der Waals surface area contributed by atoms with Gasteiger partial charge in [0.2, 0.25) is 0 Å². The Bertz CT molecular complexity index is 463. The molecule has 0 atom stereocenters. The Morgan fingerprint density at radius 3 is 2.94 bits per heavy atom. The van der Waals surface area contributed by atoms with Crippen LogP contribution in [0.4, 0.5) is 5.69 Å². The Labute approximate surface area is 110 Å². The van der Waals surface area contributed by atoms with Crippen molar-refractivity contribution in [1.82, 2.24) is 5.32 Å². The zero-order valence-electron chi connectivity index (χ0n) is 9.72. The summed E-state index contributed by atoms with van der Waals surface area (Å²) >= 11 is 3.32. The standard InChI is InChI=1S/C13H15BrN2O/c1-3-4-5-6-16-13(17)11-7-10(14)8-12(15)9(11)2/h1,7-8H,4-6,15H2,2H3,(H,16,17). The van der Waals surface area contributed by atoms with Crippen LogP contribution in [0.3, 0.4) is 0 Å². The minimum absolute atomic E-state index is 0.118. The molecule has 0 aliphatic heterocycles. The van der Waals surface area contributed by atoms with Crippen LogP contribution >= 0.6 is 15.9 Å². The number of nitrogens with two attached hydrogens (primary N) is 1. The van der Waals surface area contributed by atoms with Gasteiger partial charge in [-0.25, -0.2) is 0 Å². The number of rotatable bonds is 4. The van der Waals surface area contributed by atoms with Crippen LogP contribution in [0.1, 0.15) is 28.8 Å². The van der Waals surface area contributed by atoms with Crippen LogP contribution in [0.25, 0.3) is 0 Å². The molecule has 17 heavy (non-hydrogen) atoms. The molecule has 4 heteroatoms. The topological polar surface area (TPSA) is 55.1 Å². The highest BCUT2D eigenvalue weighted by Gasteiger charge is 2.11. The van der Waals surface area contributed by atoms with E-state index >= 15 is 0 Å². The fraction of sp³-hybridized carbons (Fsp3) is 0.308. The molecular weight excluding hydrogens is 280 g/mol. The minimum Gasteiger partial charge on any atom is -0.398 e. The molecule has 1 aromatic carbocycles. The molecule has 1 aromatic rings. The maximum absolute atomic E-state index is 11.9. The molecule has 0 saturated heterocycles. The molecule has 0 saturated carbocycles. The number of nitrogen functional groups attached to an aromatic ring is 1. The Balaban J connectivity index is 2.73. The molecule has 0 spiro atoms. The number of hydrogen-bond acceptors (Lipinski definition) is 2. The summed E-state index contributed by atoms with van der Waals surface area (Å²) in [7, 11) is 0. The Morgan fingerprint density at radius 2 is 2.29 bits per heavy atom. The van der Waals surface area contributed by atoms with E-state index in [0.717, 1.165) is 16.5 Å². The van der Waals surface area contributed by atoms with E-state index in [0.29, 0.717) is 24.2 Å². The lowest BCUT2D eigenvalue weighted by Gasteiger charge is -2.09. The summed E-state index contributed by atoms with van der Waals surface area (Å²) in [4.78, 5) is 11.9. The largest absolute Gasteiger partial charge is 0.398 e. The van der Waals surface area contributed by atoms with E-state index in [4.69, 9.17) is 12.2 Å². The van der Waals surface area contributed by atoms with Crippen molar-refractivity contribution < 1.29 is 4.79 Å². The van der Waals surface area contributed by atoms with Gasteiger partial charge in [-0.3, -0.25) is 4.79 Å². The number of anilines is 1. The van der Waals surface area contributed by atoms with E-state index in [1.165, 1.54) is 0 Å². The number of carbonyl (C=O) groups excluding carboxylic acids is 1. The van der Waals surface area contributed by atoms with Gasteiger partial charge < -0.3 is 11.1 Å². The first-order valence-corrected chi connectivity index (χ1v) is 6.13. The van der Waals surface area contributed by atoms with Crippen molar-refractivity contribution >= 4 is 27.5 Å². The Kier molecular flexibility index (Phi) is 5.05. The van der Waals surface area contributed by atoms with Gasteiger partial charge in [0.05, 0.1) is 0 Å². The molecule has 1 rings (SSSR count). The highest BCUT2D eigenvalue weighted by molar-refractivity contribution is 9.10. The second kappa shape index (κ2) is 6.31. The van der Waals surface area contributed by atoms with E-state index in [2.05, 4.69) is 27.2 Å². The van der Waals surface area contributed by atoms with Crippen molar-refractivity contribution in [2.75, 3.05) is 12.3 Å². The van der Waals surface area contributed by atoms with E-state index in [1.54, 1.807) is 12.1 Å². The molecule has 0 heterocycles. The molecule has 0 fully saturated rings. The summed E-state index contributed by atoms with van der Waals surface area (Å²) in [6.07, 6.45) is 6.58. The van der Waals surface area contributed by atoms with Gasteiger partial charge in [-0.05, 0) is 31.0 Å². The van der Waals surface area contributed by atoms with Gasteiger partial charge in [0.1, 0.15) is 0 Å². The number of halogens is 1. The maximum Gasteiger partial charge on any atom is 0.251 e. The molecule has 0 aromatic heterocycles. The highest BCUT2D eigenvalue weighted by Crippen LogP contribution is 2.22. The van der Waals surface area contributed by atoms with Crippen LogP contribution in [0.2, 0.25) is 0 Å². The molecule has 0 aliphatic carbocycles. The molecule has 3 N–H and O–H groups in total. The van der Waals surface area contributed by atoms with Crippen LogP contribution in [-0.2, 0) is 0 Å². The number of nitrogens with one attached hydrogen (secondary N) is 1. The lowest BCUT2D eigenvalue weighted by molar-refractivity contribution is 0.0952. The van der Waals surface area contributed by atoms with Gasteiger partial charge >= 0.3 is 0 Å². The van der Waals surface area contributed by atoms with Gasteiger partial charge in [0, 0.05) is 28.7 Å². The molecule has 90 valence electrons. The lowest BCUT2D eigenvalue weighted by Crippen LogP contribution is -2.25. The van der Waals surface area contributed by atoms with E-state index < -0.39 is 0 Å². The van der Waals surface area contributed by atoms with Gasteiger partial charge in [-0.15, -0.1) is 12.3 Å². The second-order valence-electron chi connectivity index (χ2n) is 3.73. The monoisotopic (exact) mass is 294 g/mol. The summed E-state index contributed by atoms with van der Waals surface area (Å²) in [6.45, 7) is 2.41. The third-order valence-electron chi connectivity index (χ3n) is 2.44. The quantitative estimate of drug-likeness (QED) is 0.509. The normalized spacial score (nSPS) is 9.71. The summed E-state index contributed by atoms with van der Waals surface area (Å²) < 4.78 is 0.800. The van der Waals surface area contributed by atoms with Crippen LogP contribution in [0.15, 0.2) is 16.6 Å². The first kappa shape index (κ1) is 13.6. The first-order valence-electron chi connectivity index (χ1n) is 5.33. The summed E-state index contributed by atoms with van der Waals surface area (Å²) in [5.41, 5.74) is 7.79. The van der Waals surface area contributed by atoms with Crippen molar-refractivity contribution in [3.8, 4) is 12.3 Å². The molecule has 1 amide bonds. The average molecular weight is 295 g/mol. The number of amides is 1. The third-order valence-corrected chi connectivity index (χ3v) is 2.90. The molecule has 3 nitrogen and oxygen atoms in total. The number of carbonyl (C=O) groups is 1. The van der Waals surface area contributed by atoms with Crippen LogP contribution in [0, 0.1) is 19.3 Å². The van der Waals surface area contributed by atoms with Crippen LogP contribution in [0.5, 0.6) is 0 Å². The molecule has 0 bridgehead atoms. The fourth-order valence-electron chi connectivity index (χ4n) is 1.42. The molecule has 0 aliphatic rings. The zero-order chi connectivity index (χ0) is 12.8. The zero-order valence-corrected chi connectivity index (χ0v) is 11.3. The van der Waals surface area contributed by atoms with Crippen molar-refractivity contribution in [2.24, 2.45) is 0 Å². The third kappa shape index (κ3) is 3.79. The van der Waals surface area contributed by atoms with Gasteiger partial charge in [-0.2, -0.15) is 0 Å². The van der Waals surface area contributed by atoms with Gasteiger partial charge in [-0.1, -0.05) is 15.9 Å². The van der Waals surface area contributed by atoms with Crippen molar-refractivity contribution in [2.45, 2.75) is 19.8 Å². The number of terminal acetylenes is 1. The summed E-state index contributed by atoms with van der Waals surface area (Å²) in [5, 5.41) is 2.82. The first-order chi connectivity index (χ1) is 8.06. The van der Waals surface area contributed by atoms with E-state index in [1.807, 2.05) is 6.92 Å². The molecule has 0 radical (unpaired) electrons. The molecule has 0 unspecified atom stereocenters. The van der Waals surface area contributed by atoms with E-state index in [-0.39, 0.29) is 5.91 Å². The van der Waals surface area contributed by atoms with Gasteiger partial charge in [0.25, 0.3) is 5.91 Å². The number of hydrogen-bond donors (Lipinski definition) is 2. The predicted molar refractivity (Wildman–Crippen MR) is 73.7 cm³/mol. The molecular formula is C13H15BrN2O. The average Bonchev–Trinajstić information content (AvgIpc) is 2.29. The van der Waals surface area contributed by atoms with Crippen molar-refractivity contribution in [3.05, 3.63) is 27.7 Å². The summed E-state index contributed by atoms with van der Waals surface area (Å²) in [6, 6.07) is 3.55. The minimum atomic E-state index is -0.118.